The molecule has 2 aromatic carbocycles. The SMILES string of the molecule is COc1cc(-n2c(C(C)(C)CC#N)c([C@@H]3CO[C@@H](C(=O)O)C3)c3cc4[nH]ncc4cc32)ccc1F. The van der Waals surface area contributed by atoms with Crippen LogP contribution in [0, 0.1) is 17.1 Å². The van der Waals surface area contributed by atoms with Gasteiger partial charge in [0.1, 0.15) is 0 Å². The number of carboxylic acids is 1. The summed E-state index contributed by atoms with van der Waals surface area (Å²) in [6.45, 7) is 4.23. The van der Waals surface area contributed by atoms with Crippen LogP contribution in [0.3, 0.4) is 0 Å². The third-order valence-corrected chi connectivity index (χ3v) is 6.80. The van der Waals surface area contributed by atoms with E-state index >= 15 is 0 Å². The van der Waals surface area contributed by atoms with Crippen molar-refractivity contribution in [2.45, 2.75) is 44.1 Å². The average Bonchev–Trinajstić information content (AvgIpc) is 3.54. The van der Waals surface area contributed by atoms with Gasteiger partial charge in [0.25, 0.3) is 0 Å². The number of aromatic nitrogens is 3. The number of hydrogen-bond acceptors (Lipinski definition) is 5. The van der Waals surface area contributed by atoms with E-state index in [1.165, 1.54) is 13.2 Å². The molecule has 0 unspecified atom stereocenters. The van der Waals surface area contributed by atoms with E-state index in [0.29, 0.717) is 12.1 Å². The summed E-state index contributed by atoms with van der Waals surface area (Å²) in [6.07, 6.45) is 1.38. The number of carbonyl (C=O) groups is 1. The number of nitriles is 1. The van der Waals surface area contributed by atoms with Gasteiger partial charge in [0.15, 0.2) is 17.7 Å². The summed E-state index contributed by atoms with van der Waals surface area (Å²) >= 11 is 0. The summed E-state index contributed by atoms with van der Waals surface area (Å²) < 4.78 is 27.3. The van der Waals surface area contributed by atoms with Crippen molar-refractivity contribution in [2.24, 2.45) is 0 Å². The Labute approximate surface area is 200 Å². The molecule has 4 aromatic rings. The fraction of sp³-hybridized carbons (Fsp3) is 0.346. The molecule has 2 aromatic heterocycles. The predicted molar refractivity (Wildman–Crippen MR) is 127 cm³/mol. The van der Waals surface area contributed by atoms with E-state index in [0.717, 1.165) is 33.1 Å². The average molecular weight is 477 g/mol. The van der Waals surface area contributed by atoms with E-state index in [1.54, 1.807) is 18.3 Å². The van der Waals surface area contributed by atoms with Gasteiger partial charge < -0.3 is 19.1 Å². The molecule has 0 saturated carbocycles. The quantitative estimate of drug-likeness (QED) is 0.413. The molecular weight excluding hydrogens is 451 g/mol. The molecule has 180 valence electrons. The van der Waals surface area contributed by atoms with Crippen LogP contribution in [-0.4, -0.2) is 45.7 Å². The van der Waals surface area contributed by atoms with Gasteiger partial charge in [0.05, 0.1) is 37.0 Å². The van der Waals surface area contributed by atoms with Crippen LogP contribution in [0.5, 0.6) is 5.75 Å². The molecule has 0 aliphatic carbocycles. The molecule has 1 fully saturated rings. The number of methoxy groups -OCH3 is 1. The minimum absolute atomic E-state index is 0.106. The molecule has 2 N–H and O–H groups in total. The summed E-state index contributed by atoms with van der Waals surface area (Å²) in [7, 11) is 1.42. The minimum Gasteiger partial charge on any atom is -0.494 e. The van der Waals surface area contributed by atoms with Crippen molar-refractivity contribution in [1.82, 2.24) is 14.8 Å². The fourth-order valence-corrected chi connectivity index (χ4v) is 5.17. The Morgan fingerprint density at radius 2 is 2.20 bits per heavy atom. The van der Waals surface area contributed by atoms with Gasteiger partial charge in [-0.2, -0.15) is 10.4 Å². The van der Waals surface area contributed by atoms with Crippen LogP contribution in [0.15, 0.2) is 36.5 Å². The zero-order valence-electron chi connectivity index (χ0n) is 19.6. The number of ether oxygens (including phenoxy) is 2. The second-order valence-electron chi connectivity index (χ2n) is 9.55. The Morgan fingerprint density at radius 1 is 1.40 bits per heavy atom. The van der Waals surface area contributed by atoms with Crippen LogP contribution in [-0.2, 0) is 14.9 Å². The lowest BCUT2D eigenvalue weighted by Gasteiger charge is -2.28. The minimum atomic E-state index is -0.992. The summed E-state index contributed by atoms with van der Waals surface area (Å²) in [5, 5.41) is 28.2. The van der Waals surface area contributed by atoms with Crippen molar-refractivity contribution in [3.05, 3.63) is 53.6 Å². The first-order chi connectivity index (χ1) is 16.7. The lowest BCUT2D eigenvalue weighted by Crippen LogP contribution is -2.24. The second-order valence-corrected chi connectivity index (χ2v) is 9.55. The van der Waals surface area contributed by atoms with E-state index in [1.807, 2.05) is 30.5 Å². The Bertz CT molecular complexity index is 1500. The number of benzene rings is 2. The number of H-pyrrole nitrogens is 1. The number of carboxylic acid groups (broad SMARTS) is 1. The number of rotatable bonds is 6. The molecule has 0 radical (unpaired) electrons. The highest BCUT2D eigenvalue weighted by Crippen LogP contribution is 2.46. The first-order valence-electron chi connectivity index (χ1n) is 11.3. The molecule has 0 amide bonds. The van der Waals surface area contributed by atoms with Gasteiger partial charge in [-0.05, 0) is 36.2 Å². The lowest BCUT2D eigenvalue weighted by molar-refractivity contribution is -0.147. The van der Waals surface area contributed by atoms with E-state index in [9.17, 15) is 19.6 Å². The Kier molecular flexibility index (Phi) is 5.49. The van der Waals surface area contributed by atoms with Crippen LogP contribution in [0.4, 0.5) is 4.39 Å². The Balaban J connectivity index is 1.89. The van der Waals surface area contributed by atoms with Gasteiger partial charge in [0.2, 0.25) is 0 Å². The topological polar surface area (TPSA) is 113 Å². The molecule has 3 heterocycles. The number of nitrogens with zero attached hydrogens (tertiary/aromatic N) is 3. The molecule has 1 aliphatic rings. The maximum absolute atomic E-state index is 14.3. The van der Waals surface area contributed by atoms with Crippen molar-refractivity contribution in [2.75, 3.05) is 13.7 Å². The van der Waals surface area contributed by atoms with Gasteiger partial charge in [-0.1, -0.05) is 13.8 Å². The number of hydrogen-bond donors (Lipinski definition) is 2. The molecule has 1 aliphatic heterocycles. The highest BCUT2D eigenvalue weighted by atomic mass is 19.1. The lowest BCUT2D eigenvalue weighted by atomic mass is 9.79. The summed E-state index contributed by atoms with van der Waals surface area (Å²) in [6, 6.07) is 11.0. The maximum atomic E-state index is 14.3. The molecule has 35 heavy (non-hydrogen) atoms. The van der Waals surface area contributed by atoms with Crippen molar-refractivity contribution in [3.8, 4) is 17.5 Å². The third-order valence-electron chi connectivity index (χ3n) is 6.80. The summed E-state index contributed by atoms with van der Waals surface area (Å²) in [4.78, 5) is 11.7. The van der Waals surface area contributed by atoms with E-state index in [2.05, 4.69) is 16.3 Å². The number of aromatic amines is 1. The van der Waals surface area contributed by atoms with Gasteiger partial charge in [-0.15, -0.1) is 0 Å². The molecular formula is C26H25FN4O4. The highest BCUT2D eigenvalue weighted by Gasteiger charge is 2.39. The van der Waals surface area contributed by atoms with Crippen LogP contribution in [0.2, 0.25) is 0 Å². The smallest absolute Gasteiger partial charge is 0.332 e. The molecule has 5 rings (SSSR count). The Morgan fingerprint density at radius 3 is 2.89 bits per heavy atom. The first kappa shape index (κ1) is 22.9. The first-order valence-corrected chi connectivity index (χ1v) is 11.3. The number of fused-ring (bicyclic) bond motifs is 2. The summed E-state index contributed by atoms with van der Waals surface area (Å²) in [5.74, 6) is -1.56. The maximum Gasteiger partial charge on any atom is 0.332 e. The number of nitrogens with one attached hydrogen (secondary N) is 1. The van der Waals surface area contributed by atoms with Gasteiger partial charge in [-0.25, -0.2) is 9.18 Å². The number of halogens is 1. The van der Waals surface area contributed by atoms with Crippen molar-refractivity contribution >= 4 is 27.8 Å². The normalized spacial score (nSPS) is 18.3. The van der Waals surface area contributed by atoms with Crippen LogP contribution in [0.1, 0.15) is 43.9 Å². The molecule has 8 nitrogen and oxygen atoms in total. The third kappa shape index (κ3) is 3.70. The highest BCUT2D eigenvalue weighted by molar-refractivity contribution is 5.99. The van der Waals surface area contributed by atoms with E-state index in [-0.39, 0.29) is 24.7 Å². The summed E-state index contributed by atoms with van der Waals surface area (Å²) in [5.41, 5.74) is 3.55. The molecule has 0 spiro atoms. The van der Waals surface area contributed by atoms with E-state index in [4.69, 9.17) is 9.47 Å². The van der Waals surface area contributed by atoms with Crippen LogP contribution < -0.4 is 4.74 Å². The Hall–Kier alpha value is -3.90. The van der Waals surface area contributed by atoms with Crippen LogP contribution >= 0.6 is 0 Å². The second kappa shape index (κ2) is 8.40. The number of aliphatic carboxylic acids is 1. The largest absolute Gasteiger partial charge is 0.494 e. The van der Waals surface area contributed by atoms with Crippen molar-refractivity contribution in [1.29, 1.82) is 5.26 Å². The molecule has 2 atom stereocenters. The van der Waals surface area contributed by atoms with Crippen molar-refractivity contribution < 1.29 is 23.8 Å². The zero-order valence-corrected chi connectivity index (χ0v) is 19.6. The zero-order chi connectivity index (χ0) is 24.9. The monoisotopic (exact) mass is 476 g/mol. The fourth-order valence-electron chi connectivity index (χ4n) is 5.17. The molecule has 9 heteroatoms. The van der Waals surface area contributed by atoms with Crippen molar-refractivity contribution in [3.63, 3.8) is 0 Å². The van der Waals surface area contributed by atoms with E-state index < -0.39 is 23.3 Å². The molecule has 0 bridgehead atoms. The van der Waals surface area contributed by atoms with Gasteiger partial charge in [0, 0.05) is 46.0 Å². The molecule has 1 saturated heterocycles. The standard InChI is InChI=1S/C26H25FN4O4/c1-26(2,6-7-28)24-23(15-9-22(25(32)33)35-13-15)17-11-19-14(12-29-30-19)8-20(17)31(24)16-4-5-18(27)21(10-16)34-3/h4-5,8,10-12,15,22H,6,9,13H2,1-3H3,(H,29,30)(H,32,33)/t15-,22+/m0/s1. The van der Waals surface area contributed by atoms with Crippen LogP contribution in [0.25, 0.3) is 27.5 Å². The predicted octanol–water partition coefficient (Wildman–Crippen LogP) is 4.80. The van der Waals surface area contributed by atoms with Gasteiger partial charge in [-0.3, -0.25) is 5.10 Å². The van der Waals surface area contributed by atoms with Gasteiger partial charge >= 0.3 is 5.97 Å².